The van der Waals surface area contributed by atoms with Crippen molar-refractivity contribution in [1.82, 2.24) is 20.1 Å². The molecule has 3 aliphatic rings. The molecule has 3 amide bonds. The first-order valence-corrected chi connectivity index (χ1v) is 21.1. The second-order valence-corrected chi connectivity index (χ2v) is 16.9. The van der Waals surface area contributed by atoms with Gasteiger partial charge in [0.25, 0.3) is 11.8 Å². The largest absolute Gasteiger partial charge is 0.444 e. The van der Waals surface area contributed by atoms with E-state index in [0.717, 1.165) is 94.7 Å². The summed E-state index contributed by atoms with van der Waals surface area (Å²) in [5.74, 6) is -0.357. The number of carbonyl (C=O) groups excluding carboxylic acids is 3. The van der Waals surface area contributed by atoms with E-state index in [2.05, 4.69) is 55.7 Å². The van der Waals surface area contributed by atoms with Gasteiger partial charge in [-0.2, -0.15) is 0 Å². The lowest BCUT2D eigenvalue weighted by molar-refractivity contribution is 0.0257. The molecule has 3 aromatic carbocycles. The van der Waals surface area contributed by atoms with Gasteiger partial charge < -0.3 is 30.1 Å². The highest BCUT2D eigenvalue weighted by atomic mass is 16.6. The number of hydrogen-bond donors (Lipinski definition) is 2. The Kier molecular flexibility index (Phi) is 13.0. The Morgan fingerprint density at radius 3 is 2.45 bits per heavy atom. The Bertz CT molecular complexity index is 2070. The van der Waals surface area contributed by atoms with Crippen LogP contribution in [0.15, 0.2) is 85.1 Å². The fourth-order valence-corrected chi connectivity index (χ4v) is 8.27. The number of ether oxygens (including phenoxy) is 1. The smallest absolute Gasteiger partial charge is 0.410 e. The molecule has 3 heterocycles. The zero-order valence-electron chi connectivity index (χ0n) is 34.6. The van der Waals surface area contributed by atoms with E-state index in [-0.39, 0.29) is 23.9 Å². The van der Waals surface area contributed by atoms with Gasteiger partial charge in [0.15, 0.2) is 0 Å². The predicted octanol–water partition coefficient (Wildman–Crippen LogP) is 8.18. The monoisotopic (exact) mass is 785 g/mol. The van der Waals surface area contributed by atoms with Gasteiger partial charge in [0.05, 0.1) is 17.4 Å². The molecule has 2 fully saturated rings. The second-order valence-electron chi connectivity index (χ2n) is 16.9. The molecule has 306 valence electrons. The number of hydrogen-bond acceptors (Lipinski definition) is 8. The molecule has 4 aromatic rings. The molecule has 2 saturated heterocycles. The molecule has 0 spiro atoms. The Balaban J connectivity index is 1.04. The summed E-state index contributed by atoms with van der Waals surface area (Å²) in [6, 6.07) is 25.8. The highest BCUT2D eigenvalue weighted by molar-refractivity contribution is 6.07. The Morgan fingerprint density at radius 2 is 1.62 bits per heavy atom. The van der Waals surface area contributed by atoms with Crippen molar-refractivity contribution in [3.8, 4) is 11.3 Å². The van der Waals surface area contributed by atoms with Crippen LogP contribution in [0.5, 0.6) is 0 Å². The summed E-state index contributed by atoms with van der Waals surface area (Å²) in [4.78, 5) is 53.9. The van der Waals surface area contributed by atoms with Crippen LogP contribution < -0.4 is 20.4 Å². The predicted molar refractivity (Wildman–Crippen MR) is 232 cm³/mol. The summed E-state index contributed by atoms with van der Waals surface area (Å²) in [6.45, 7) is 12.3. The number of likely N-dealkylation sites (N-methyl/N-ethyl adjacent to an activating group) is 1. The maximum atomic E-state index is 14.0. The first kappa shape index (κ1) is 40.8. The van der Waals surface area contributed by atoms with E-state index in [1.165, 1.54) is 17.5 Å². The van der Waals surface area contributed by atoms with E-state index in [9.17, 15) is 14.4 Å². The van der Waals surface area contributed by atoms with Gasteiger partial charge in [-0.05, 0) is 132 Å². The molecule has 2 N–H and O–H groups in total. The van der Waals surface area contributed by atoms with Crippen molar-refractivity contribution in [2.45, 2.75) is 77.4 Å². The van der Waals surface area contributed by atoms with E-state index in [0.29, 0.717) is 35.6 Å². The maximum Gasteiger partial charge on any atom is 0.410 e. The van der Waals surface area contributed by atoms with Crippen molar-refractivity contribution < 1.29 is 19.1 Å². The molecule has 0 radical (unpaired) electrons. The van der Waals surface area contributed by atoms with Crippen LogP contribution in [0.2, 0.25) is 0 Å². The minimum Gasteiger partial charge on any atom is -0.444 e. The Hall–Kier alpha value is -5.42. The SMILES string of the molecule is CN(CCN1CCCN(C(=O)OC(C)(C)C)CC1)c1cccc(C(=O)Nc2ccc(N3CCCCC3)cc2-c2cc(C(=O)N[C@H]3CCCc4ccccc43)ccn2)c1. The number of benzene rings is 3. The topological polar surface area (TPSA) is 110 Å². The highest BCUT2D eigenvalue weighted by Gasteiger charge is 2.26. The summed E-state index contributed by atoms with van der Waals surface area (Å²) in [5.41, 5.74) is 7.11. The second kappa shape index (κ2) is 18.4. The van der Waals surface area contributed by atoms with Crippen LogP contribution in [0.1, 0.15) is 97.2 Å². The number of pyridine rings is 1. The van der Waals surface area contributed by atoms with E-state index >= 15 is 0 Å². The third-order valence-corrected chi connectivity index (χ3v) is 11.5. The first-order chi connectivity index (χ1) is 28.0. The normalized spacial score (nSPS) is 17.5. The standard InChI is InChI=1S/C47H59N7O4/c1-47(2,3)58-46(57)54-26-12-23-52(29-30-54)28-27-51(4)37-16-10-15-35(31-37)44(55)50-42-20-19-38(53-24-8-5-9-25-53)33-40(42)43-32-36(21-22-48-43)45(56)49-41-18-11-14-34-13-6-7-17-39(34)41/h6-7,10,13,15-17,19-22,31-33,41H,5,8-9,11-12,14,18,23-30H2,1-4H3,(H,49,56)(H,50,55)/t41-/m0/s1. The van der Waals surface area contributed by atoms with E-state index in [1.807, 2.05) is 75.2 Å². The maximum absolute atomic E-state index is 14.0. The van der Waals surface area contributed by atoms with Gasteiger partial charge >= 0.3 is 6.09 Å². The van der Waals surface area contributed by atoms with E-state index in [4.69, 9.17) is 9.72 Å². The number of nitrogens with zero attached hydrogens (tertiary/aromatic N) is 5. The number of anilines is 3. The van der Waals surface area contributed by atoms with Crippen molar-refractivity contribution in [2.24, 2.45) is 0 Å². The summed E-state index contributed by atoms with van der Waals surface area (Å²) in [5, 5.41) is 6.49. The van der Waals surface area contributed by atoms with E-state index in [1.54, 1.807) is 12.3 Å². The lowest BCUT2D eigenvalue weighted by atomic mass is 9.87. The number of nitrogens with one attached hydrogen (secondary N) is 2. The first-order valence-electron chi connectivity index (χ1n) is 21.1. The number of piperidine rings is 1. The van der Waals surface area contributed by atoms with Gasteiger partial charge in [0.2, 0.25) is 0 Å². The zero-order valence-corrected chi connectivity index (χ0v) is 34.6. The Morgan fingerprint density at radius 1 is 0.810 bits per heavy atom. The minimum atomic E-state index is -0.512. The van der Waals surface area contributed by atoms with Gasteiger partial charge in [0.1, 0.15) is 5.60 Å². The van der Waals surface area contributed by atoms with Crippen molar-refractivity contribution in [3.05, 3.63) is 107 Å². The molecule has 58 heavy (non-hydrogen) atoms. The fraction of sp³-hybridized carbons (Fsp3) is 0.447. The number of aryl methyl sites for hydroxylation is 1. The van der Waals surface area contributed by atoms with Crippen LogP contribution in [0.3, 0.4) is 0 Å². The number of amides is 3. The number of carbonyl (C=O) groups is 3. The van der Waals surface area contributed by atoms with Crippen molar-refractivity contribution >= 4 is 35.0 Å². The lowest BCUT2D eigenvalue weighted by Crippen LogP contribution is -2.40. The fourth-order valence-electron chi connectivity index (χ4n) is 8.27. The lowest BCUT2D eigenvalue weighted by Gasteiger charge is -2.29. The van der Waals surface area contributed by atoms with Crippen molar-refractivity contribution in [3.63, 3.8) is 0 Å². The van der Waals surface area contributed by atoms with Gasteiger partial charge in [-0.15, -0.1) is 0 Å². The van der Waals surface area contributed by atoms with Crippen molar-refractivity contribution in [1.29, 1.82) is 0 Å². The van der Waals surface area contributed by atoms with Gasteiger partial charge in [-0.3, -0.25) is 19.5 Å². The highest BCUT2D eigenvalue weighted by Crippen LogP contribution is 2.34. The van der Waals surface area contributed by atoms with E-state index < -0.39 is 5.60 Å². The van der Waals surface area contributed by atoms with Crippen LogP contribution >= 0.6 is 0 Å². The van der Waals surface area contributed by atoms with Gasteiger partial charge in [-0.25, -0.2) is 4.79 Å². The summed E-state index contributed by atoms with van der Waals surface area (Å²) in [7, 11) is 2.04. The van der Waals surface area contributed by atoms with Crippen LogP contribution in [-0.2, 0) is 11.2 Å². The molecule has 7 rings (SSSR count). The van der Waals surface area contributed by atoms with Crippen LogP contribution in [0, 0.1) is 0 Å². The average molecular weight is 786 g/mol. The van der Waals surface area contributed by atoms with Crippen LogP contribution in [0.25, 0.3) is 11.3 Å². The molecule has 11 nitrogen and oxygen atoms in total. The molecule has 1 atom stereocenters. The van der Waals surface area contributed by atoms with Gasteiger partial charge in [0, 0.05) is 87.1 Å². The number of aromatic nitrogens is 1. The summed E-state index contributed by atoms with van der Waals surface area (Å²) in [6.07, 6.45) is 8.79. The molecular weight excluding hydrogens is 727 g/mol. The molecule has 2 aliphatic heterocycles. The summed E-state index contributed by atoms with van der Waals surface area (Å²) >= 11 is 0. The summed E-state index contributed by atoms with van der Waals surface area (Å²) < 4.78 is 5.60. The molecule has 0 saturated carbocycles. The molecule has 0 unspecified atom stereocenters. The van der Waals surface area contributed by atoms with Crippen LogP contribution in [-0.4, -0.2) is 97.7 Å². The number of fused-ring (bicyclic) bond motifs is 1. The zero-order chi connectivity index (χ0) is 40.6. The third-order valence-electron chi connectivity index (χ3n) is 11.5. The Labute approximate surface area is 343 Å². The third kappa shape index (κ3) is 10.4. The molecule has 1 aromatic heterocycles. The molecule has 0 bridgehead atoms. The van der Waals surface area contributed by atoms with Crippen LogP contribution in [0.4, 0.5) is 21.9 Å². The minimum absolute atomic E-state index is 0.0350. The molecule has 1 aliphatic carbocycles. The molecule has 11 heteroatoms. The van der Waals surface area contributed by atoms with Crippen molar-refractivity contribution in [2.75, 3.05) is 74.5 Å². The quantitative estimate of drug-likeness (QED) is 0.166. The average Bonchev–Trinajstić information content (AvgIpc) is 3.49. The van der Waals surface area contributed by atoms with Gasteiger partial charge in [-0.1, -0.05) is 30.3 Å². The number of rotatable bonds is 10. The molecular formula is C47H59N7O4.